The SMILES string of the molecule is CN(C)c1ccc(C(=O)OCC(=O)N(C2=CCCCC2)C2CC2)cc1. The number of rotatable bonds is 6. The van der Waals surface area contributed by atoms with Crippen molar-refractivity contribution in [3.05, 3.63) is 41.6 Å². The Morgan fingerprint density at radius 3 is 2.40 bits per heavy atom. The highest BCUT2D eigenvalue weighted by Gasteiger charge is 2.35. The van der Waals surface area contributed by atoms with Gasteiger partial charge in [0.15, 0.2) is 6.61 Å². The molecule has 0 aliphatic heterocycles. The minimum absolute atomic E-state index is 0.103. The van der Waals surface area contributed by atoms with Gasteiger partial charge in [0.25, 0.3) is 5.91 Å². The number of ether oxygens (including phenoxy) is 1. The van der Waals surface area contributed by atoms with Crippen LogP contribution < -0.4 is 4.90 Å². The van der Waals surface area contributed by atoms with E-state index >= 15 is 0 Å². The molecule has 0 unspecified atom stereocenters. The zero-order valence-corrected chi connectivity index (χ0v) is 15.0. The number of carbonyl (C=O) groups excluding carboxylic acids is 2. The van der Waals surface area contributed by atoms with E-state index in [9.17, 15) is 9.59 Å². The molecule has 1 aromatic rings. The highest BCUT2D eigenvalue weighted by Crippen LogP contribution is 2.33. The number of hydrogen-bond donors (Lipinski definition) is 0. The minimum atomic E-state index is -0.452. The summed E-state index contributed by atoms with van der Waals surface area (Å²) in [6, 6.07) is 7.48. The van der Waals surface area contributed by atoms with E-state index in [0.29, 0.717) is 11.6 Å². The number of esters is 1. The topological polar surface area (TPSA) is 49.9 Å². The van der Waals surface area contributed by atoms with Crippen molar-refractivity contribution >= 4 is 17.6 Å². The summed E-state index contributed by atoms with van der Waals surface area (Å²) in [4.78, 5) is 28.6. The number of carbonyl (C=O) groups is 2. The Hall–Kier alpha value is -2.30. The van der Waals surface area contributed by atoms with Crippen LogP contribution in [0.1, 0.15) is 48.9 Å². The van der Waals surface area contributed by atoms with Crippen molar-refractivity contribution in [1.82, 2.24) is 4.90 Å². The molecule has 0 heterocycles. The second-order valence-corrected chi connectivity index (χ2v) is 6.95. The second-order valence-electron chi connectivity index (χ2n) is 6.95. The van der Waals surface area contributed by atoms with Gasteiger partial charge in [0.1, 0.15) is 0 Å². The average Bonchev–Trinajstić information content (AvgIpc) is 3.46. The van der Waals surface area contributed by atoms with Crippen LogP contribution in [-0.2, 0) is 9.53 Å². The molecule has 5 heteroatoms. The lowest BCUT2D eigenvalue weighted by molar-refractivity contribution is -0.133. The van der Waals surface area contributed by atoms with E-state index in [0.717, 1.165) is 43.5 Å². The van der Waals surface area contributed by atoms with Gasteiger partial charge >= 0.3 is 5.97 Å². The third-order valence-corrected chi connectivity index (χ3v) is 4.70. The smallest absolute Gasteiger partial charge is 0.338 e. The van der Waals surface area contributed by atoms with E-state index in [1.165, 1.54) is 6.42 Å². The Bertz CT molecular complexity index is 660. The maximum atomic E-state index is 12.6. The Balaban J connectivity index is 1.58. The van der Waals surface area contributed by atoms with Crippen molar-refractivity contribution in [2.45, 2.75) is 44.6 Å². The molecule has 5 nitrogen and oxygen atoms in total. The fourth-order valence-electron chi connectivity index (χ4n) is 3.15. The number of nitrogens with zero attached hydrogens (tertiary/aromatic N) is 2. The Morgan fingerprint density at radius 1 is 1.12 bits per heavy atom. The fraction of sp³-hybridized carbons (Fsp3) is 0.500. The lowest BCUT2D eigenvalue weighted by Crippen LogP contribution is -2.36. The van der Waals surface area contributed by atoms with Crippen LogP contribution in [0.25, 0.3) is 0 Å². The lowest BCUT2D eigenvalue weighted by Gasteiger charge is -2.27. The summed E-state index contributed by atoms with van der Waals surface area (Å²) < 4.78 is 5.27. The molecule has 25 heavy (non-hydrogen) atoms. The molecule has 1 fully saturated rings. The quantitative estimate of drug-likeness (QED) is 0.744. The van der Waals surface area contributed by atoms with Gasteiger partial charge in [-0.05, 0) is 62.8 Å². The summed E-state index contributed by atoms with van der Waals surface area (Å²) in [6.45, 7) is -0.192. The lowest BCUT2D eigenvalue weighted by atomic mass is 10.0. The maximum absolute atomic E-state index is 12.6. The van der Waals surface area contributed by atoms with Crippen molar-refractivity contribution < 1.29 is 14.3 Å². The maximum Gasteiger partial charge on any atom is 0.338 e. The number of amides is 1. The number of allylic oxidation sites excluding steroid dienone is 2. The summed E-state index contributed by atoms with van der Waals surface area (Å²) in [6.07, 6.45) is 8.55. The van der Waals surface area contributed by atoms with Crippen LogP contribution in [0.15, 0.2) is 36.0 Å². The van der Waals surface area contributed by atoms with Crippen LogP contribution in [0.4, 0.5) is 5.69 Å². The van der Waals surface area contributed by atoms with E-state index in [-0.39, 0.29) is 12.5 Å². The third kappa shape index (κ3) is 4.41. The summed E-state index contributed by atoms with van der Waals surface area (Å²) in [5.74, 6) is -0.555. The zero-order chi connectivity index (χ0) is 17.8. The van der Waals surface area contributed by atoms with Gasteiger partial charge in [0.05, 0.1) is 5.56 Å². The second kappa shape index (κ2) is 7.72. The van der Waals surface area contributed by atoms with E-state index in [4.69, 9.17) is 4.74 Å². The highest BCUT2D eigenvalue weighted by atomic mass is 16.5. The van der Waals surface area contributed by atoms with Crippen molar-refractivity contribution in [3.63, 3.8) is 0 Å². The predicted octanol–water partition coefficient (Wildman–Crippen LogP) is 3.36. The predicted molar refractivity (Wildman–Crippen MR) is 97.5 cm³/mol. The van der Waals surface area contributed by atoms with E-state index in [1.807, 2.05) is 36.0 Å². The van der Waals surface area contributed by atoms with E-state index in [2.05, 4.69) is 6.08 Å². The molecular weight excluding hydrogens is 316 g/mol. The zero-order valence-electron chi connectivity index (χ0n) is 15.0. The summed E-state index contributed by atoms with van der Waals surface area (Å²) in [5.41, 5.74) is 2.59. The molecule has 1 saturated carbocycles. The van der Waals surface area contributed by atoms with Crippen LogP contribution >= 0.6 is 0 Å². The van der Waals surface area contributed by atoms with Gasteiger partial charge in [0.2, 0.25) is 0 Å². The molecule has 0 aromatic heterocycles. The first-order valence-electron chi connectivity index (χ1n) is 9.02. The van der Waals surface area contributed by atoms with Crippen LogP contribution in [0, 0.1) is 0 Å². The Morgan fingerprint density at radius 2 is 1.84 bits per heavy atom. The van der Waals surface area contributed by atoms with Crippen LogP contribution in [-0.4, -0.2) is 43.5 Å². The monoisotopic (exact) mass is 342 g/mol. The molecule has 0 spiro atoms. The average molecular weight is 342 g/mol. The molecule has 0 saturated heterocycles. The van der Waals surface area contributed by atoms with Crippen LogP contribution in [0.5, 0.6) is 0 Å². The molecule has 0 radical (unpaired) electrons. The van der Waals surface area contributed by atoms with Crippen molar-refractivity contribution in [3.8, 4) is 0 Å². The highest BCUT2D eigenvalue weighted by molar-refractivity contribution is 5.92. The first kappa shape index (κ1) is 17.5. The standard InChI is InChI=1S/C20H26N2O3/c1-21(2)16-10-8-15(9-11-16)20(24)25-14-19(23)22(18-12-13-18)17-6-4-3-5-7-17/h6,8-11,18H,3-5,7,12-14H2,1-2H3. The molecule has 134 valence electrons. The van der Waals surface area contributed by atoms with Crippen LogP contribution in [0.2, 0.25) is 0 Å². The van der Waals surface area contributed by atoms with Gasteiger partial charge in [-0.25, -0.2) is 4.79 Å². The van der Waals surface area contributed by atoms with Gasteiger partial charge in [-0.15, -0.1) is 0 Å². The molecule has 1 aromatic carbocycles. The molecule has 2 aliphatic rings. The van der Waals surface area contributed by atoms with Gasteiger partial charge in [-0.3, -0.25) is 4.79 Å². The van der Waals surface area contributed by atoms with Crippen molar-refractivity contribution in [1.29, 1.82) is 0 Å². The first-order valence-corrected chi connectivity index (χ1v) is 9.02. The molecule has 0 atom stereocenters. The molecule has 0 bridgehead atoms. The normalized spacial score (nSPS) is 16.8. The Labute approximate surface area is 149 Å². The van der Waals surface area contributed by atoms with Gasteiger partial charge in [0, 0.05) is 31.5 Å². The number of anilines is 1. The largest absolute Gasteiger partial charge is 0.452 e. The summed E-state index contributed by atoms with van der Waals surface area (Å²) in [5, 5.41) is 0. The summed E-state index contributed by atoms with van der Waals surface area (Å²) >= 11 is 0. The van der Waals surface area contributed by atoms with E-state index < -0.39 is 5.97 Å². The van der Waals surface area contributed by atoms with Crippen LogP contribution in [0.3, 0.4) is 0 Å². The molecular formula is C20H26N2O3. The summed E-state index contributed by atoms with van der Waals surface area (Å²) in [7, 11) is 3.89. The molecule has 3 rings (SSSR count). The molecule has 2 aliphatic carbocycles. The van der Waals surface area contributed by atoms with Gasteiger partial charge in [-0.2, -0.15) is 0 Å². The number of benzene rings is 1. The minimum Gasteiger partial charge on any atom is -0.452 e. The fourth-order valence-corrected chi connectivity index (χ4v) is 3.15. The van der Waals surface area contributed by atoms with E-state index in [1.54, 1.807) is 12.1 Å². The van der Waals surface area contributed by atoms with Crippen molar-refractivity contribution in [2.24, 2.45) is 0 Å². The molecule has 0 N–H and O–H groups in total. The Kier molecular flexibility index (Phi) is 5.41. The third-order valence-electron chi connectivity index (χ3n) is 4.70. The van der Waals surface area contributed by atoms with Gasteiger partial charge < -0.3 is 14.5 Å². The number of hydrogen-bond acceptors (Lipinski definition) is 4. The van der Waals surface area contributed by atoms with Crippen molar-refractivity contribution in [2.75, 3.05) is 25.6 Å². The van der Waals surface area contributed by atoms with Gasteiger partial charge in [-0.1, -0.05) is 6.08 Å². The first-order chi connectivity index (χ1) is 12.1. The molecule has 1 amide bonds.